The number of unbranched alkanes of at least 4 members (excludes halogenated alkanes) is 2. The largest absolute Gasteiger partial charge is 0.469 e. The third-order valence-electron chi connectivity index (χ3n) is 4.81. The first-order valence-electron chi connectivity index (χ1n) is 8.11. The van der Waals surface area contributed by atoms with Crippen LogP contribution in [0.25, 0.3) is 0 Å². The van der Waals surface area contributed by atoms with Crippen molar-refractivity contribution in [2.75, 3.05) is 13.7 Å². The molecule has 2 rings (SSSR count). The lowest BCUT2D eigenvalue weighted by atomic mass is 9.72. The summed E-state index contributed by atoms with van der Waals surface area (Å²) in [5.41, 5.74) is -0.105. The minimum absolute atomic E-state index is 0.0405. The number of methoxy groups -OCH3 is 1. The number of hydrogen-bond acceptors (Lipinski definition) is 4. The maximum atomic E-state index is 12.1. The summed E-state index contributed by atoms with van der Waals surface area (Å²) in [7, 11) is 1.41. The van der Waals surface area contributed by atoms with Crippen molar-refractivity contribution >= 4 is 11.9 Å². The topological polar surface area (TPSA) is 64.6 Å². The van der Waals surface area contributed by atoms with Crippen LogP contribution in [-0.4, -0.2) is 37.2 Å². The maximum Gasteiger partial charge on any atom is 0.310 e. The second kappa shape index (κ2) is 7.25. The molecule has 5 heteroatoms. The van der Waals surface area contributed by atoms with Crippen LogP contribution in [0.15, 0.2) is 0 Å². The molecule has 1 N–H and O–H groups in total. The van der Waals surface area contributed by atoms with Gasteiger partial charge in [0, 0.05) is 12.5 Å². The molecular formula is C16H27NO4. The van der Waals surface area contributed by atoms with Crippen molar-refractivity contribution in [3.8, 4) is 0 Å². The minimum Gasteiger partial charge on any atom is -0.469 e. The number of carbonyl (C=O) groups excluding carboxylic acids is 2. The van der Waals surface area contributed by atoms with Crippen molar-refractivity contribution in [2.45, 2.75) is 69.9 Å². The van der Waals surface area contributed by atoms with E-state index in [1.807, 2.05) is 0 Å². The van der Waals surface area contributed by atoms with E-state index in [0.717, 1.165) is 51.6 Å². The molecule has 0 aromatic rings. The molecule has 1 spiro atoms. The van der Waals surface area contributed by atoms with Crippen molar-refractivity contribution in [2.24, 2.45) is 5.92 Å². The van der Waals surface area contributed by atoms with Crippen LogP contribution in [0.4, 0.5) is 0 Å². The molecule has 2 aliphatic rings. The summed E-state index contributed by atoms with van der Waals surface area (Å²) in [6.45, 7) is 2.91. The fraction of sp³-hybridized carbons (Fsp3) is 0.875. The molecule has 0 radical (unpaired) electrons. The van der Waals surface area contributed by atoms with Gasteiger partial charge < -0.3 is 14.8 Å². The Hall–Kier alpha value is -1.10. The van der Waals surface area contributed by atoms with E-state index in [1.54, 1.807) is 0 Å². The van der Waals surface area contributed by atoms with Gasteiger partial charge in [0.05, 0.1) is 25.2 Å². The lowest BCUT2D eigenvalue weighted by Gasteiger charge is -2.49. The van der Waals surface area contributed by atoms with E-state index < -0.39 is 0 Å². The van der Waals surface area contributed by atoms with Crippen LogP contribution in [-0.2, 0) is 19.1 Å². The first-order chi connectivity index (χ1) is 10.1. The SMILES string of the molecule is CCCCCC(=O)N[C@@H]1CC2(CCO2)CC[C@@H]1C(=O)OC. The molecule has 120 valence electrons. The van der Waals surface area contributed by atoms with Gasteiger partial charge in [0.1, 0.15) is 0 Å². The number of nitrogens with one attached hydrogen (secondary N) is 1. The number of esters is 1. The zero-order chi connectivity index (χ0) is 15.3. The third-order valence-corrected chi connectivity index (χ3v) is 4.81. The fourth-order valence-corrected chi connectivity index (χ4v) is 3.41. The van der Waals surface area contributed by atoms with Crippen LogP contribution in [0, 0.1) is 5.92 Å². The number of rotatable bonds is 6. The van der Waals surface area contributed by atoms with Gasteiger partial charge in [-0.25, -0.2) is 0 Å². The van der Waals surface area contributed by atoms with Crippen LogP contribution in [0.3, 0.4) is 0 Å². The summed E-state index contributed by atoms with van der Waals surface area (Å²) in [5.74, 6) is -0.415. The van der Waals surface area contributed by atoms with E-state index in [0.29, 0.717) is 6.42 Å². The monoisotopic (exact) mass is 297 g/mol. The average molecular weight is 297 g/mol. The van der Waals surface area contributed by atoms with Crippen molar-refractivity contribution in [3.05, 3.63) is 0 Å². The Kier molecular flexibility index (Phi) is 5.62. The Morgan fingerprint density at radius 3 is 2.67 bits per heavy atom. The summed E-state index contributed by atoms with van der Waals surface area (Å²) < 4.78 is 10.6. The minimum atomic E-state index is -0.236. The van der Waals surface area contributed by atoms with Crippen LogP contribution >= 0.6 is 0 Å². The molecule has 1 unspecified atom stereocenters. The Morgan fingerprint density at radius 2 is 2.10 bits per heavy atom. The molecule has 3 atom stereocenters. The fourth-order valence-electron chi connectivity index (χ4n) is 3.41. The number of amides is 1. The van der Waals surface area contributed by atoms with Crippen LogP contribution < -0.4 is 5.32 Å². The van der Waals surface area contributed by atoms with Crippen LogP contribution in [0.2, 0.25) is 0 Å². The predicted octanol–water partition coefficient (Wildman–Crippen LogP) is 2.18. The van der Waals surface area contributed by atoms with Gasteiger partial charge in [-0.15, -0.1) is 0 Å². The molecule has 1 amide bonds. The highest BCUT2D eigenvalue weighted by Gasteiger charge is 2.48. The molecule has 1 saturated carbocycles. The van der Waals surface area contributed by atoms with Gasteiger partial charge in [0.15, 0.2) is 0 Å². The second-order valence-electron chi connectivity index (χ2n) is 6.29. The predicted molar refractivity (Wildman–Crippen MR) is 78.7 cm³/mol. The van der Waals surface area contributed by atoms with Crippen molar-refractivity contribution in [1.29, 1.82) is 0 Å². The highest BCUT2D eigenvalue weighted by molar-refractivity contribution is 5.78. The van der Waals surface area contributed by atoms with E-state index >= 15 is 0 Å². The van der Waals surface area contributed by atoms with E-state index in [-0.39, 0.29) is 29.4 Å². The van der Waals surface area contributed by atoms with Gasteiger partial charge in [-0.3, -0.25) is 9.59 Å². The molecule has 1 saturated heterocycles. The van der Waals surface area contributed by atoms with E-state index in [1.165, 1.54) is 7.11 Å². The molecule has 1 heterocycles. The normalized spacial score (nSPS) is 31.5. The van der Waals surface area contributed by atoms with Crippen molar-refractivity contribution in [1.82, 2.24) is 5.32 Å². The van der Waals surface area contributed by atoms with Gasteiger partial charge in [-0.2, -0.15) is 0 Å². The van der Waals surface area contributed by atoms with Crippen LogP contribution in [0.5, 0.6) is 0 Å². The highest BCUT2D eigenvalue weighted by atomic mass is 16.5. The Bertz CT molecular complexity index is 378. The zero-order valence-corrected chi connectivity index (χ0v) is 13.2. The summed E-state index contributed by atoms with van der Waals surface area (Å²) in [4.78, 5) is 24.0. The molecule has 0 aromatic heterocycles. The standard InChI is InChI=1S/C16H27NO4/c1-3-4-5-6-14(18)17-13-11-16(9-10-21-16)8-7-12(13)15(19)20-2/h12-13H,3-11H2,1-2H3,(H,17,18)/t12-,13+,16?/m0/s1. The average Bonchev–Trinajstić information content (AvgIpc) is 2.45. The number of hydrogen-bond donors (Lipinski definition) is 1. The summed E-state index contributed by atoms with van der Waals surface area (Å²) in [6.07, 6.45) is 6.96. The number of carbonyl (C=O) groups is 2. The van der Waals surface area contributed by atoms with Gasteiger partial charge in [-0.05, 0) is 32.1 Å². The molecule has 0 bridgehead atoms. The number of ether oxygens (including phenoxy) is 2. The Labute approximate surface area is 126 Å². The molecule has 1 aliphatic heterocycles. The molecule has 21 heavy (non-hydrogen) atoms. The molecule has 2 fully saturated rings. The molecular weight excluding hydrogens is 270 g/mol. The van der Waals surface area contributed by atoms with Gasteiger partial charge in [0.25, 0.3) is 0 Å². The van der Waals surface area contributed by atoms with Crippen molar-refractivity contribution < 1.29 is 19.1 Å². The third kappa shape index (κ3) is 3.96. The summed E-state index contributed by atoms with van der Waals surface area (Å²) in [5, 5.41) is 3.05. The highest BCUT2D eigenvalue weighted by Crippen LogP contribution is 2.42. The Morgan fingerprint density at radius 1 is 1.33 bits per heavy atom. The maximum absolute atomic E-state index is 12.1. The second-order valence-corrected chi connectivity index (χ2v) is 6.29. The van der Waals surface area contributed by atoms with Crippen molar-refractivity contribution in [3.63, 3.8) is 0 Å². The molecule has 0 aromatic carbocycles. The van der Waals surface area contributed by atoms with Gasteiger partial charge >= 0.3 is 5.97 Å². The zero-order valence-electron chi connectivity index (χ0n) is 13.2. The molecule has 5 nitrogen and oxygen atoms in total. The van der Waals surface area contributed by atoms with E-state index in [2.05, 4.69) is 12.2 Å². The quantitative estimate of drug-likeness (QED) is 0.603. The molecule has 1 aliphatic carbocycles. The lowest BCUT2D eigenvalue weighted by molar-refractivity contribution is -0.182. The lowest BCUT2D eigenvalue weighted by Crippen LogP contribution is -2.57. The van der Waals surface area contributed by atoms with Gasteiger partial charge in [0.2, 0.25) is 5.91 Å². The van der Waals surface area contributed by atoms with E-state index in [9.17, 15) is 9.59 Å². The summed E-state index contributed by atoms with van der Waals surface area (Å²) >= 11 is 0. The van der Waals surface area contributed by atoms with E-state index in [4.69, 9.17) is 9.47 Å². The first-order valence-corrected chi connectivity index (χ1v) is 8.11. The first kappa shape index (κ1) is 16.3. The smallest absolute Gasteiger partial charge is 0.310 e. The Balaban J connectivity index is 1.92. The van der Waals surface area contributed by atoms with Gasteiger partial charge in [-0.1, -0.05) is 19.8 Å². The summed E-state index contributed by atoms with van der Waals surface area (Å²) in [6, 6.07) is -0.152. The van der Waals surface area contributed by atoms with Crippen LogP contribution in [0.1, 0.15) is 58.3 Å².